The van der Waals surface area contributed by atoms with Gasteiger partial charge in [-0.2, -0.15) is 0 Å². The molecule has 0 saturated carbocycles. The van der Waals surface area contributed by atoms with Crippen molar-refractivity contribution in [3.63, 3.8) is 0 Å². The predicted octanol–water partition coefficient (Wildman–Crippen LogP) is 3.85. The zero-order chi connectivity index (χ0) is 14.4. The lowest BCUT2D eigenvalue weighted by Gasteiger charge is -2.11. The van der Waals surface area contributed by atoms with E-state index in [0.717, 1.165) is 17.2 Å². The van der Waals surface area contributed by atoms with Gasteiger partial charge >= 0.3 is 0 Å². The van der Waals surface area contributed by atoms with Gasteiger partial charge in [0, 0.05) is 5.69 Å². The van der Waals surface area contributed by atoms with Crippen LogP contribution in [-0.4, -0.2) is 13.2 Å². The highest BCUT2D eigenvalue weighted by atomic mass is 16.5. The maximum absolute atomic E-state index is 5.69. The standard InChI is InChI=1S/C17H21NO2/c1-13(2)14-4-3-5-17(12-14)20-11-10-19-16-8-6-15(18)7-9-16/h3-9,12-13H,10-11,18H2,1-2H3. The Morgan fingerprint density at radius 1 is 0.900 bits per heavy atom. The fourth-order valence-corrected chi connectivity index (χ4v) is 1.85. The first-order valence-electron chi connectivity index (χ1n) is 6.86. The Kier molecular flexibility index (Phi) is 4.88. The van der Waals surface area contributed by atoms with Gasteiger partial charge < -0.3 is 15.2 Å². The summed E-state index contributed by atoms with van der Waals surface area (Å²) in [5, 5.41) is 0. The van der Waals surface area contributed by atoms with Crippen LogP contribution < -0.4 is 15.2 Å². The number of ether oxygens (including phenoxy) is 2. The molecule has 20 heavy (non-hydrogen) atoms. The highest BCUT2D eigenvalue weighted by Gasteiger charge is 2.01. The van der Waals surface area contributed by atoms with Crippen LogP contribution in [0.15, 0.2) is 48.5 Å². The summed E-state index contributed by atoms with van der Waals surface area (Å²) in [6.45, 7) is 5.37. The maximum Gasteiger partial charge on any atom is 0.122 e. The highest BCUT2D eigenvalue weighted by molar-refractivity contribution is 5.41. The molecule has 0 fully saturated rings. The molecule has 0 spiro atoms. The molecule has 0 radical (unpaired) electrons. The lowest BCUT2D eigenvalue weighted by molar-refractivity contribution is 0.217. The Morgan fingerprint density at radius 3 is 2.20 bits per heavy atom. The van der Waals surface area contributed by atoms with E-state index in [4.69, 9.17) is 15.2 Å². The number of hydrogen-bond donors (Lipinski definition) is 1. The number of rotatable bonds is 6. The summed E-state index contributed by atoms with van der Waals surface area (Å²) in [5.41, 5.74) is 7.63. The predicted molar refractivity (Wildman–Crippen MR) is 82.4 cm³/mol. The Morgan fingerprint density at radius 2 is 1.55 bits per heavy atom. The van der Waals surface area contributed by atoms with Gasteiger partial charge in [-0.1, -0.05) is 26.0 Å². The smallest absolute Gasteiger partial charge is 0.122 e. The average molecular weight is 271 g/mol. The first-order valence-corrected chi connectivity index (χ1v) is 6.86. The van der Waals surface area contributed by atoms with Gasteiger partial charge in [0.05, 0.1) is 0 Å². The molecule has 0 unspecified atom stereocenters. The van der Waals surface area contributed by atoms with Crippen molar-refractivity contribution in [2.45, 2.75) is 19.8 Å². The van der Waals surface area contributed by atoms with Gasteiger partial charge in [0.15, 0.2) is 0 Å². The minimum Gasteiger partial charge on any atom is -0.490 e. The highest BCUT2D eigenvalue weighted by Crippen LogP contribution is 2.20. The summed E-state index contributed by atoms with van der Waals surface area (Å²) >= 11 is 0. The molecule has 0 amide bonds. The molecular weight excluding hydrogens is 250 g/mol. The largest absolute Gasteiger partial charge is 0.490 e. The van der Waals surface area contributed by atoms with Gasteiger partial charge in [-0.15, -0.1) is 0 Å². The molecule has 0 saturated heterocycles. The van der Waals surface area contributed by atoms with Gasteiger partial charge in [-0.3, -0.25) is 0 Å². The molecule has 0 aliphatic heterocycles. The van der Waals surface area contributed by atoms with Crippen LogP contribution in [0.1, 0.15) is 25.3 Å². The second-order valence-electron chi connectivity index (χ2n) is 4.99. The van der Waals surface area contributed by atoms with Crippen LogP contribution in [0.3, 0.4) is 0 Å². The second kappa shape index (κ2) is 6.85. The molecule has 2 rings (SSSR count). The number of anilines is 1. The van der Waals surface area contributed by atoms with E-state index in [-0.39, 0.29) is 0 Å². The van der Waals surface area contributed by atoms with E-state index >= 15 is 0 Å². The fraction of sp³-hybridized carbons (Fsp3) is 0.294. The molecule has 0 aliphatic rings. The van der Waals surface area contributed by atoms with Crippen LogP contribution in [0.25, 0.3) is 0 Å². The number of nitrogens with two attached hydrogens (primary N) is 1. The van der Waals surface area contributed by atoms with Gasteiger partial charge in [-0.05, 0) is 47.9 Å². The SMILES string of the molecule is CC(C)c1cccc(OCCOc2ccc(N)cc2)c1. The Balaban J connectivity index is 1.78. The first kappa shape index (κ1) is 14.3. The number of nitrogen functional groups attached to an aromatic ring is 1. The minimum atomic E-state index is 0.504. The Hall–Kier alpha value is -2.16. The topological polar surface area (TPSA) is 44.5 Å². The van der Waals surface area contributed by atoms with Gasteiger partial charge in [-0.25, -0.2) is 0 Å². The summed E-state index contributed by atoms with van der Waals surface area (Å²) in [4.78, 5) is 0. The summed E-state index contributed by atoms with van der Waals surface area (Å²) in [7, 11) is 0. The monoisotopic (exact) mass is 271 g/mol. The zero-order valence-electron chi connectivity index (χ0n) is 12.0. The third-order valence-electron chi connectivity index (χ3n) is 3.03. The molecule has 0 atom stereocenters. The second-order valence-corrected chi connectivity index (χ2v) is 4.99. The number of hydrogen-bond acceptors (Lipinski definition) is 3. The van der Waals surface area contributed by atoms with Gasteiger partial charge in [0.25, 0.3) is 0 Å². The first-order chi connectivity index (χ1) is 9.65. The van der Waals surface area contributed by atoms with Crippen molar-refractivity contribution in [1.29, 1.82) is 0 Å². The van der Waals surface area contributed by atoms with E-state index in [1.54, 1.807) is 0 Å². The molecule has 2 aromatic carbocycles. The lowest BCUT2D eigenvalue weighted by Crippen LogP contribution is -2.09. The molecule has 3 heteroatoms. The Labute approximate surface area is 120 Å². The summed E-state index contributed by atoms with van der Waals surface area (Å²) in [6, 6.07) is 15.5. The summed E-state index contributed by atoms with van der Waals surface area (Å²) in [5.74, 6) is 2.19. The van der Waals surface area contributed by atoms with Crippen LogP contribution in [0.5, 0.6) is 11.5 Å². The van der Waals surface area contributed by atoms with Crippen molar-refractivity contribution in [3.8, 4) is 11.5 Å². The average Bonchev–Trinajstić information content (AvgIpc) is 2.46. The van der Waals surface area contributed by atoms with E-state index in [2.05, 4.69) is 26.0 Å². The molecule has 3 nitrogen and oxygen atoms in total. The third-order valence-corrected chi connectivity index (χ3v) is 3.03. The van der Waals surface area contributed by atoms with Crippen molar-refractivity contribution in [2.24, 2.45) is 0 Å². The van der Waals surface area contributed by atoms with Crippen LogP contribution in [0, 0.1) is 0 Å². The van der Waals surface area contributed by atoms with E-state index in [1.165, 1.54) is 5.56 Å². The molecule has 106 valence electrons. The Bertz CT molecular complexity index is 535. The zero-order valence-corrected chi connectivity index (χ0v) is 12.0. The van der Waals surface area contributed by atoms with Crippen LogP contribution >= 0.6 is 0 Å². The molecule has 0 aliphatic carbocycles. The van der Waals surface area contributed by atoms with Crippen LogP contribution in [0.2, 0.25) is 0 Å². The molecule has 2 N–H and O–H groups in total. The maximum atomic E-state index is 5.69. The van der Waals surface area contributed by atoms with E-state index < -0.39 is 0 Å². The van der Waals surface area contributed by atoms with Crippen molar-refractivity contribution in [2.75, 3.05) is 18.9 Å². The fourth-order valence-electron chi connectivity index (χ4n) is 1.85. The molecule has 2 aromatic rings. The molecular formula is C17H21NO2. The van der Waals surface area contributed by atoms with Crippen LogP contribution in [0.4, 0.5) is 5.69 Å². The molecule has 0 aromatic heterocycles. The minimum absolute atomic E-state index is 0.504. The van der Waals surface area contributed by atoms with Crippen molar-refractivity contribution >= 4 is 5.69 Å². The van der Waals surface area contributed by atoms with E-state index in [9.17, 15) is 0 Å². The normalized spacial score (nSPS) is 10.6. The quantitative estimate of drug-likeness (QED) is 0.641. The van der Waals surface area contributed by atoms with Crippen molar-refractivity contribution < 1.29 is 9.47 Å². The van der Waals surface area contributed by atoms with Crippen molar-refractivity contribution in [3.05, 3.63) is 54.1 Å². The molecule has 0 heterocycles. The summed E-state index contributed by atoms with van der Waals surface area (Å²) in [6.07, 6.45) is 0. The van der Waals surface area contributed by atoms with Gasteiger partial charge in [0.2, 0.25) is 0 Å². The van der Waals surface area contributed by atoms with Crippen LogP contribution in [-0.2, 0) is 0 Å². The van der Waals surface area contributed by atoms with Crippen molar-refractivity contribution in [1.82, 2.24) is 0 Å². The number of benzene rings is 2. The van der Waals surface area contributed by atoms with E-state index in [0.29, 0.717) is 19.1 Å². The molecule has 0 bridgehead atoms. The van der Waals surface area contributed by atoms with E-state index in [1.807, 2.05) is 36.4 Å². The van der Waals surface area contributed by atoms with Gasteiger partial charge in [0.1, 0.15) is 24.7 Å². The third kappa shape index (κ3) is 4.19. The lowest BCUT2D eigenvalue weighted by atomic mass is 10.0. The summed E-state index contributed by atoms with van der Waals surface area (Å²) < 4.78 is 11.3.